The summed E-state index contributed by atoms with van der Waals surface area (Å²) >= 11 is 0. The highest BCUT2D eigenvalue weighted by molar-refractivity contribution is 5.61. The molecule has 2 heteroatoms. The minimum atomic E-state index is 0.602. The van der Waals surface area contributed by atoms with Gasteiger partial charge in [-0.25, -0.2) is 0 Å². The van der Waals surface area contributed by atoms with Gasteiger partial charge < -0.3 is 4.84 Å². The summed E-state index contributed by atoms with van der Waals surface area (Å²) < 4.78 is 0. The van der Waals surface area contributed by atoms with E-state index in [4.69, 9.17) is 4.84 Å². The molecule has 1 rings (SSSR count). The Morgan fingerprint density at radius 1 is 1.78 bits per heavy atom. The summed E-state index contributed by atoms with van der Waals surface area (Å²) in [7, 11) is 0. The van der Waals surface area contributed by atoms with Gasteiger partial charge in [-0.1, -0.05) is 24.9 Å². The van der Waals surface area contributed by atoms with Crippen molar-refractivity contribution in [3.8, 4) is 0 Å². The Kier molecular flexibility index (Phi) is 2.55. The molecule has 1 atom stereocenters. The molecule has 0 aliphatic carbocycles. The molecule has 1 aliphatic rings. The quantitative estimate of drug-likeness (QED) is 0.566. The molecule has 1 heterocycles. The highest BCUT2D eigenvalue weighted by Gasteiger charge is 2.09. The molecule has 0 aromatic rings. The Balaban J connectivity index is 2.05. The summed E-state index contributed by atoms with van der Waals surface area (Å²) in [5.74, 6) is 0.602. The molecule has 0 saturated carbocycles. The summed E-state index contributed by atoms with van der Waals surface area (Å²) in [6.45, 7) is 3.01. The van der Waals surface area contributed by atoms with Crippen molar-refractivity contribution in [1.82, 2.24) is 0 Å². The van der Waals surface area contributed by atoms with Crippen molar-refractivity contribution in [3.05, 3.63) is 0 Å². The normalized spacial score (nSPS) is 24.3. The topological polar surface area (TPSA) is 21.6 Å². The van der Waals surface area contributed by atoms with Gasteiger partial charge in [-0.15, -0.1) is 0 Å². The predicted molar refractivity (Wildman–Crippen MR) is 37.5 cm³/mol. The first-order valence-electron chi connectivity index (χ1n) is 3.59. The van der Waals surface area contributed by atoms with Gasteiger partial charge in [-0.2, -0.15) is 0 Å². The van der Waals surface area contributed by atoms with Crippen LogP contribution < -0.4 is 0 Å². The van der Waals surface area contributed by atoms with Crippen LogP contribution in [0.1, 0.15) is 26.2 Å². The van der Waals surface area contributed by atoms with Gasteiger partial charge >= 0.3 is 0 Å². The lowest BCUT2D eigenvalue weighted by Gasteiger charge is -2.00. The third-order valence-corrected chi connectivity index (χ3v) is 1.56. The maximum atomic E-state index is 4.82. The van der Waals surface area contributed by atoms with E-state index >= 15 is 0 Å². The van der Waals surface area contributed by atoms with Crippen LogP contribution in [-0.4, -0.2) is 12.8 Å². The summed E-state index contributed by atoms with van der Waals surface area (Å²) in [6.07, 6.45) is 5.71. The van der Waals surface area contributed by atoms with Crippen molar-refractivity contribution in [2.45, 2.75) is 26.2 Å². The molecule has 0 aromatic carbocycles. The maximum absolute atomic E-state index is 4.82. The molecule has 52 valence electrons. The summed E-state index contributed by atoms with van der Waals surface area (Å²) in [5.41, 5.74) is 0. The number of hydrogen-bond acceptors (Lipinski definition) is 2. The minimum Gasteiger partial charge on any atom is -0.395 e. The van der Waals surface area contributed by atoms with Crippen LogP contribution in [0.4, 0.5) is 0 Å². The Bertz CT molecular complexity index is 101. The molecular formula is C7H13NO. The van der Waals surface area contributed by atoms with E-state index in [0.717, 1.165) is 6.61 Å². The molecule has 0 amide bonds. The second-order valence-corrected chi connectivity index (χ2v) is 2.45. The van der Waals surface area contributed by atoms with Crippen LogP contribution >= 0.6 is 0 Å². The van der Waals surface area contributed by atoms with Crippen molar-refractivity contribution in [2.24, 2.45) is 11.1 Å². The second-order valence-electron chi connectivity index (χ2n) is 2.45. The zero-order valence-corrected chi connectivity index (χ0v) is 5.84. The zero-order valence-electron chi connectivity index (χ0n) is 5.84. The molecule has 9 heavy (non-hydrogen) atoms. The number of hydrogen-bond donors (Lipinski definition) is 0. The lowest BCUT2D eigenvalue weighted by molar-refractivity contribution is 0.152. The van der Waals surface area contributed by atoms with Gasteiger partial charge in [0.25, 0.3) is 0 Å². The highest BCUT2D eigenvalue weighted by Crippen LogP contribution is 2.10. The van der Waals surface area contributed by atoms with Crippen molar-refractivity contribution in [1.29, 1.82) is 0 Å². The minimum absolute atomic E-state index is 0.602. The van der Waals surface area contributed by atoms with Gasteiger partial charge in [0.2, 0.25) is 0 Å². The van der Waals surface area contributed by atoms with Crippen molar-refractivity contribution >= 4 is 6.21 Å². The van der Waals surface area contributed by atoms with Crippen LogP contribution in [0.25, 0.3) is 0 Å². The number of nitrogens with zero attached hydrogens (tertiary/aromatic N) is 1. The molecule has 1 unspecified atom stereocenters. The van der Waals surface area contributed by atoms with E-state index < -0.39 is 0 Å². The van der Waals surface area contributed by atoms with E-state index in [1.807, 2.05) is 6.21 Å². The Morgan fingerprint density at radius 2 is 2.67 bits per heavy atom. The van der Waals surface area contributed by atoms with E-state index in [2.05, 4.69) is 12.1 Å². The fraction of sp³-hybridized carbons (Fsp3) is 0.857. The molecular weight excluding hydrogens is 114 g/mol. The molecule has 0 N–H and O–H groups in total. The molecule has 0 fully saturated rings. The van der Waals surface area contributed by atoms with Crippen LogP contribution in [0, 0.1) is 5.92 Å². The Hall–Kier alpha value is -0.530. The van der Waals surface area contributed by atoms with Gasteiger partial charge in [-0.3, -0.25) is 0 Å². The molecule has 2 nitrogen and oxygen atoms in total. The Labute approximate surface area is 55.9 Å². The first-order valence-corrected chi connectivity index (χ1v) is 3.59. The van der Waals surface area contributed by atoms with E-state index in [1.165, 1.54) is 19.3 Å². The van der Waals surface area contributed by atoms with E-state index in [0.29, 0.717) is 5.92 Å². The van der Waals surface area contributed by atoms with Crippen molar-refractivity contribution in [2.75, 3.05) is 6.61 Å². The molecule has 0 radical (unpaired) electrons. The number of unbranched alkanes of at least 4 members (excludes halogenated alkanes) is 1. The molecule has 0 bridgehead atoms. The highest BCUT2D eigenvalue weighted by atomic mass is 16.6. The average molecular weight is 127 g/mol. The van der Waals surface area contributed by atoms with Gasteiger partial charge in [0, 0.05) is 5.92 Å². The SMILES string of the molecule is CCCCC1C=NOC1. The van der Waals surface area contributed by atoms with E-state index in [-0.39, 0.29) is 0 Å². The van der Waals surface area contributed by atoms with Crippen LogP contribution in [-0.2, 0) is 4.84 Å². The lowest BCUT2D eigenvalue weighted by Crippen LogP contribution is -2.01. The van der Waals surface area contributed by atoms with Gasteiger partial charge in [0.1, 0.15) is 6.61 Å². The summed E-state index contributed by atoms with van der Waals surface area (Å²) in [4.78, 5) is 4.82. The maximum Gasteiger partial charge on any atom is 0.125 e. The largest absolute Gasteiger partial charge is 0.395 e. The lowest BCUT2D eigenvalue weighted by atomic mass is 10.1. The summed E-state index contributed by atoms with van der Waals surface area (Å²) in [6, 6.07) is 0. The van der Waals surface area contributed by atoms with E-state index in [9.17, 15) is 0 Å². The van der Waals surface area contributed by atoms with Crippen molar-refractivity contribution in [3.63, 3.8) is 0 Å². The first-order chi connectivity index (χ1) is 4.43. The number of rotatable bonds is 3. The van der Waals surface area contributed by atoms with Crippen LogP contribution in [0.15, 0.2) is 5.16 Å². The fourth-order valence-electron chi connectivity index (χ4n) is 0.935. The van der Waals surface area contributed by atoms with Crippen LogP contribution in [0.5, 0.6) is 0 Å². The smallest absolute Gasteiger partial charge is 0.125 e. The molecule has 0 aromatic heterocycles. The number of oxime groups is 1. The second kappa shape index (κ2) is 3.49. The third kappa shape index (κ3) is 2.04. The summed E-state index contributed by atoms with van der Waals surface area (Å²) in [5, 5.41) is 3.69. The van der Waals surface area contributed by atoms with Gasteiger partial charge in [-0.05, 0) is 6.42 Å². The van der Waals surface area contributed by atoms with Crippen molar-refractivity contribution < 1.29 is 4.84 Å². The Morgan fingerprint density at radius 3 is 3.22 bits per heavy atom. The molecule has 0 spiro atoms. The average Bonchev–Trinajstić information content (AvgIpc) is 2.34. The zero-order chi connectivity index (χ0) is 6.53. The van der Waals surface area contributed by atoms with Crippen LogP contribution in [0.3, 0.4) is 0 Å². The first kappa shape index (κ1) is 6.59. The third-order valence-electron chi connectivity index (χ3n) is 1.56. The van der Waals surface area contributed by atoms with Crippen LogP contribution in [0.2, 0.25) is 0 Å². The predicted octanol–water partition coefficient (Wildman–Crippen LogP) is 1.81. The van der Waals surface area contributed by atoms with E-state index in [1.54, 1.807) is 0 Å². The fourth-order valence-corrected chi connectivity index (χ4v) is 0.935. The molecule has 0 saturated heterocycles. The monoisotopic (exact) mass is 127 g/mol. The standard InChI is InChI=1S/C7H13NO/c1-2-3-4-7-5-8-9-6-7/h5,7H,2-4,6H2,1H3. The molecule has 1 aliphatic heterocycles. The van der Waals surface area contributed by atoms with Gasteiger partial charge in [0.05, 0.1) is 6.21 Å². The van der Waals surface area contributed by atoms with Gasteiger partial charge in [0.15, 0.2) is 0 Å².